The second-order valence-corrected chi connectivity index (χ2v) is 0. The highest BCUT2D eigenvalue weighted by Gasteiger charge is 0.958. The predicted molar refractivity (Wildman–Crippen MR) is 193 cm³/mol. The zero-order valence-corrected chi connectivity index (χ0v) is 28.0. The van der Waals surface area contributed by atoms with Gasteiger partial charge in [-0.25, -0.2) is 0 Å². The van der Waals surface area contributed by atoms with E-state index < -0.39 is 0 Å². The first-order valence-corrected chi connectivity index (χ1v) is 14.0. The highest BCUT2D eigenvalue weighted by atomic mass is 13.0. The molecule has 0 radical (unpaired) electrons. The molecule has 0 rings (SSSR count). The molecule has 33 heavy (non-hydrogen) atoms. The van der Waals surface area contributed by atoms with Crippen LogP contribution in [0.2, 0.25) is 0 Å². The predicted octanol–water partition coefficient (Wildman–Crippen LogP) is 17.5. The average Bonchev–Trinajstić information content (AvgIpc) is 2.95. The van der Waals surface area contributed by atoms with Crippen LogP contribution in [0.5, 0.6) is 0 Å². The number of hydrogen-bond donors (Lipinski definition) is 0. The van der Waals surface area contributed by atoms with E-state index in [-0.39, 0.29) is 37.1 Å². The van der Waals surface area contributed by atoms with Crippen molar-refractivity contribution < 1.29 is 0 Å². The molecule has 0 aromatic rings. The van der Waals surface area contributed by atoms with E-state index in [1.807, 2.05) is 194 Å². The number of rotatable bonds is 0. The van der Waals surface area contributed by atoms with Gasteiger partial charge in [0.05, 0.1) is 0 Å². The Morgan fingerprint density at radius 2 is 0.0909 bits per heavy atom. The minimum Gasteiger partial charge on any atom is -0.0776 e. The monoisotopic (exact) mass is 501 g/mol. The SMILES string of the molecule is C.C.C.C.C.CC.CC.CC.CC.CC.CC.CC.CC.CC.CC.CC.CC.CC.CC. The summed E-state index contributed by atoms with van der Waals surface area (Å²) in [5.41, 5.74) is 0. The summed E-state index contributed by atoms with van der Waals surface area (Å²) in [6.07, 6.45) is 0. The molecule has 0 aliphatic heterocycles. The standard InChI is InChI=1S/14C2H6.5CH4/c14*1-2;;;;;/h14*1-2H3;5*1H4. The molecule has 0 unspecified atom stereocenters. The normalized spacial score (nSPS) is 2.55. The van der Waals surface area contributed by atoms with Crippen molar-refractivity contribution in [3.8, 4) is 0 Å². The highest BCUT2D eigenvalue weighted by Crippen LogP contribution is 1.17. The fourth-order valence-electron chi connectivity index (χ4n) is 0. The molecule has 0 aromatic heterocycles. The molecule has 0 heterocycles. The van der Waals surface area contributed by atoms with Crippen molar-refractivity contribution in [2.75, 3.05) is 0 Å². The Balaban J connectivity index is -0.00000000372. The van der Waals surface area contributed by atoms with E-state index in [1.165, 1.54) is 0 Å². The zero-order valence-electron chi connectivity index (χ0n) is 28.0. The lowest BCUT2D eigenvalue weighted by Crippen LogP contribution is -0.856. The van der Waals surface area contributed by atoms with Gasteiger partial charge in [0.1, 0.15) is 0 Å². The minimum atomic E-state index is 0. The molecule has 0 aliphatic rings. The molecule has 0 aromatic carbocycles. The van der Waals surface area contributed by atoms with Crippen LogP contribution in [0.1, 0.15) is 231 Å². The first kappa shape index (κ1) is 172. The summed E-state index contributed by atoms with van der Waals surface area (Å²) in [5.74, 6) is 0. The van der Waals surface area contributed by atoms with Crippen LogP contribution in [0, 0.1) is 0 Å². The molecular weight excluding hydrogens is 396 g/mol. The van der Waals surface area contributed by atoms with Crippen molar-refractivity contribution in [2.24, 2.45) is 0 Å². The third-order valence-electron chi connectivity index (χ3n) is 0. The van der Waals surface area contributed by atoms with Gasteiger partial charge in [-0.1, -0.05) is 231 Å². The largest absolute Gasteiger partial charge is 0.0776 e. The van der Waals surface area contributed by atoms with Gasteiger partial charge in [0.25, 0.3) is 0 Å². The van der Waals surface area contributed by atoms with Crippen molar-refractivity contribution >= 4 is 0 Å². The fourth-order valence-corrected chi connectivity index (χ4v) is 0. The van der Waals surface area contributed by atoms with Crippen LogP contribution in [0.15, 0.2) is 0 Å². The van der Waals surface area contributed by atoms with Crippen molar-refractivity contribution in [1.29, 1.82) is 0 Å². The van der Waals surface area contributed by atoms with Crippen LogP contribution in [-0.2, 0) is 0 Å². The van der Waals surface area contributed by atoms with Gasteiger partial charge in [0.15, 0.2) is 0 Å². The van der Waals surface area contributed by atoms with Crippen molar-refractivity contribution in [2.45, 2.75) is 231 Å². The average molecular weight is 501 g/mol. The smallest absolute Gasteiger partial charge is 0.0683 e. The molecule has 0 atom stereocenters. The van der Waals surface area contributed by atoms with Crippen molar-refractivity contribution in [1.82, 2.24) is 0 Å². The molecular formula is C33H104. The Labute approximate surface area is 231 Å². The molecule has 0 saturated carbocycles. The first-order valence-electron chi connectivity index (χ1n) is 14.0. The maximum absolute atomic E-state index is 2.00. The molecule has 0 fully saturated rings. The summed E-state index contributed by atoms with van der Waals surface area (Å²) in [5, 5.41) is 0. The lowest BCUT2D eigenvalue weighted by molar-refractivity contribution is 1.50. The highest BCUT2D eigenvalue weighted by molar-refractivity contribution is 3.53. The van der Waals surface area contributed by atoms with Crippen LogP contribution in [0.4, 0.5) is 0 Å². The minimum absolute atomic E-state index is 0. The third-order valence-corrected chi connectivity index (χ3v) is 0. The molecule has 236 valence electrons. The Bertz CT molecular complexity index is 0. The van der Waals surface area contributed by atoms with Gasteiger partial charge in [-0.15, -0.1) is 0 Å². The molecule has 0 aliphatic carbocycles. The van der Waals surface area contributed by atoms with E-state index in [2.05, 4.69) is 0 Å². The maximum Gasteiger partial charge on any atom is -0.0683 e. The van der Waals surface area contributed by atoms with Crippen LogP contribution < -0.4 is 0 Å². The molecule has 0 saturated heterocycles. The van der Waals surface area contributed by atoms with Gasteiger partial charge in [-0.05, 0) is 0 Å². The van der Waals surface area contributed by atoms with E-state index in [1.54, 1.807) is 0 Å². The van der Waals surface area contributed by atoms with E-state index in [0.717, 1.165) is 0 Å². The van der Waals surface area contributed by atoms with E-state index >= 15 is 0 Å². The van der Waals surface area contributed by atoms with Gasteiger partial charge >= 0.3 is 0 Å². The maximum atomic E-state index is 2.00. The second kappa shape index (κ2) is 0. The third kappa shape index (κ3) is 0. The second-order valence-electron chi connectivity index (χ2n) is 0. The van der Waals surface area contributed by atoms with E-state index in [9.17, 15) is 0 Å². The molecule has 0 nitrogen and oxygen atoms in total. The lowest BCUT2D eigenvalue weighted by atomic mass is 11.0. The van der Waals surface area contributed by atoms with E-state index in [0.29, 0.717) is 0 Å². The zero-order chi connectivity index (χ0) is 28.0. The molecule has 0 spiro atoms. The Morgan fingerprint density at radius 1 is 0.0909 bits per heavy atom. The molecule has 0 N–H and O–H groups in total. The first-order chi connectivity index (χ1) is 14.0. The topological polar surface area (TPSA) is 0 Å². The van der Waals surface area contributed by atoms with Crippen LogP contribution in [0.3, 0.4) is 0 Å². The quantitative estimate of drug-likeness (QED) is 0.310. The van der Waals surface area contributed by atoms with Gasteiger partial charge < -0.3 is 0 Å². The van der Waals surface area contributed by atoms with Crippen LogP contribution in [-0.4, -0.2) is 0 Å². The summed E-state index contributed by atoms with van der Waals surface area (Å²) < 4.78 is 0. The Morgan fingerprint density at radius 3 is 0.0909 bits per heavy atom. The summed E-state index contributed by atoms with van der Waals surface area (Å²) in [6.45, 7) is 56.0. The van der Waals surface area contributed by atoms with Crippen molar-refractivity contribution in [3.63, 3.8) is 0 Å². The van der Waals surface area contributed by atoms with Crippen LogP contribution in [0.25, 0.3) is 0 Å². The van der Waals surface area contributed by atoms with Gasteiger partial charge in [-0.2, -0.15) is 0 Å². The number of hydrogen-bond acceptors (Lipinski definition) is 0. The summed E-state index contributed by atoms with van der Waals surface area (Å²) in [4.78, 5) is 0. The fraction of sp³-hybridized carbons (Fsp3) is 1.00. The Kier molecular flexibility index (Phi) is 0. The van der Waals surface area contributed by atoms with E-state index in [4.69, 9.17) is 0 Å². The lowest BCUT2D eigenvalue weighted by Gasteiger charge is -1.07. The van der Waals surface area contributed by atoms with Gasteiger partial charge in [0, 0.05) is 0 Å². The summed E-state index contributed by atoms with van der Waals surface area (Å²) in [7, 11) is 0. The Hall–Kier alpha value is 0. The van der Waals surface area contributed by atoms with Gasteiger partial charge in [-0.3, -0.25) is 0 Å². The van der Waals surface area contributed by atoms with Gasteiger partial charge in [0.2, 0.25) is 0 Å². The van der Waals surface area contributed by atoms with Crippen molar-refractivity contribution in [3.05, 3.63) is 0 Å². The summed E-state index contributed by atoms with van der Waals surface area (Å²) in [6, 6.07) is 0. The molecule has 0 amide bonds. The molecule has 0 bridgehead atoms. The van der Waals surface area contributed by atoms with Crippen LogP contribution >= 0.6 is 0 Å². The summed E-state index contributed by atoms with van der Waals surface area (Å²) >= 11 is 0. The molecule has 0 heteroatoms.